The van der Waals surface area contributed by atoms with Crippen molar-refractivity contribution in [2.75, 3.05) is 0 Å². The van der Waals surface area contributed by atoms with Gasteiger partial charge in [-0.3, -0.25) is 10.1 Å². The van der Waals surface area contributed by atoms with Crippen LogP contribution in [0.5, 0.6) is 0 Å². The van der Waals surface area contributed by atoms with E-state index >= 15 is 0 Å². The highest BCUT2D eigenvalue weighted by molar-refractivity contribution is 7.89. The number of hydrogen-bond acceptors (Lipinski definition) is 5. The third-order valence-corrected chi connectivity index (χ3v) is 3.81. The quantitative estimate of drug-likeness (QED) is 0.518. The molecule has 108 valence electrons. The maximum Gasteiger partial charge on any atom is 0.289 e. The van der Waals surface area contributed by atoms with E-state index in [2.05, 4.69) is 5.10 Å². The van der Waals surface area contributed by atoms with Crippen molar-refractivity contribution in [2.24, 2.45) is 5.10 Å². The van der Waals surface area contributed by atoms with Crippen LogP contribution in [-0.2, 0) is 10.0 Å². The van der Waals surface area contributed by atoms with Gasteiger partial charge in [0, 0.05) is 6.07 Å². The van der Waals surface area contributed by atoms with Gasteiger partial charge in [-0.1, -0.05) is 42.5 Å². The Balaban J connectivity index is 2.24. The van der Waals surface area contributed by atoms with Crippen molar-refractivity contribution in [3.8, 4) is 0 Å². The van der Waals surface area contributed by atoms with Crippen LogP contribution in [0.15, 0.2) is 64.6 Å². The number of para-hydroxylation sites is 1. The fourth-order valence-corrected chi connectivity index (χ4v) is 2.56. The van der Waals surface area contributed by atoms with Gasteiger partial charge in [-0.2, -0.15) is 18.4 Å². The standard InChI is InChI=1S/C13H11N3O4S/c17-16(18)12-8-4-5-9-13(12)21(19,20)15-14-10-11-6-2-1-3-7-11/h1-10,15H/b14-10+. The highest BCUT2D eigenvalue weighted by atomic mass is 32.2. The molecule has 0 aromatic heterocycles. The lowest BCUT2D eigenvalue weighted by atomic mass is 10.2. The minimum absolute atomic E-state index is 0.430. The lowest BCUT2D eigenvalue weighted by molar-refractivity contribution is -0.387. The van der Waals surface area contributed by atoms with Gasteiger partial charge in [-0.25, -0.2) is 0 Å². The molecule has 0 heterocycles. The molecule has 0 saturated heterocycles. The number of nitrogens with zero attached hydrogens (tertiary/aromatic N) is 2. The topological polar surface area (TPSA) is 102 Å². The summed E-state index contributed by atoms with van der Waals surface area (Å²) in [5, 5.41) is 14.4. The van der Waals surface area contributed by atoms with Gasteiger partial charge < -0.3 is 0 Å². The first-order valence-electron chi connectivity index (χ1n) is 5.84. The van der Waals surface area contributed by atoms with Gasteiger partial charge in [-0.05, 0) is 11.6 Å². The molecule has 0 aliphatic heterocycles. The van der Waals surface area contributed by atoms with Crippen molar-refractivity contribution in [1.82, 2.24) is 4.83 Å². The van der Waals surface area contributed by atoms with E-state index < -0.39 is 25.5 Å². The molecule has 0 saturated carbocycles. The molecule has 0 atom stereocenters. The average Bonchev–Trinajstić information content (AvgIpc) is 2.48. The lowest BCUT2D eigenvalue weighted by Crippen LogP contribution is -2.19. The number of sulfonamides is 1. The molecule has 2 aromatic rings. The van der Waals surface area contributed by atoms with Crippen molar-refractivity contribution < 1.29 is 13.3 Å². The second-order valence-corrected chi connectivity index (χ2v) is 5.62. The monoisotopic (exact) mass is 305 g/mol. The summed E-state index contributed by atoms with van der Waals surface area (Å²) >= 11 is 0. The molecular weight excluding hydrogens is 294 g/mol. The molecule has 21 heavy (non-hydrogen) atoms. The second-order valence-electron chi connectivity index (χ2n) is 3.99. The van der Waals surface area contributed by atoms with E-state index in [4.69, 9.17) is 0 Å². The smallest absolute Gasteiger partial charge is 0.258 e. The zero-order chi connectivity index (χ0) is 15.3. The highest BCUT2D eigenvalue weighted by Gasteiger charge is 2.24. The summed E-state index contributed by atoms with van der Waals surface area (Å²) in [5.74, 6) is 0. The predicted molar refractivity (Wildman–Crippen MR) is 77.5 cm³/mol. The van der Waals surface area contributed by atoms with E-state index in [1.54, 1.807) is 24.3 Å². The van der Waals surface area contributed by atoms with Crippen molar-refractivity contribution in [1.29, 1.82) is 0 Å². The SMILES string of the molecule is O=[N+]([O-])c1ccccc1S(=O)(=O)N/N=C/c1ccccc1. The summed E-state index contributed by atoms with van der Waals surface area (Å²) in [6.45, 7) is 0. The molecule has 2 aromatic carbocycles. The molecule has 7 nitrogen and oxygen atoms in total. The molecular formula is C13H11N3O4S. The van der Waals surface area contributed by atoms with Crippen molar-refractivity contribution in [3.05, 3.63) is 70.3 Å². The van der Waals surface area contributed by atoms with Crippen LogP contribution in [0.3, 0.4) is 0 Å². The van der Waals surface area contributed by atoms with Gasteiger partial charge in [0.1, 0.15) is 0 Å². The summed E-state index contributed by atoms with van der Waals surface area (Å²) in [6, 6.07) is 13.9. The fourth-order valence-electron chi connectivity index (χ4n) is 1.59. The number of hydrogen-bond donors (Lipinski definition) is 1. The van der Waals surface area contributed by atoms with Crippen LogP contribution < -0.4 is 4.83 Å². The van der Waals surface area contributed by atoms with Crippen molar-refractivity contribution in [2.45, 2.75) is 4.90 Å². The van der Waals surface area contributed by atoms with Gasteiger partial charge in [0.05, 0.1) is 11.1 Å². The summed E-state index contributed by atoms with van der Waals surface area (Å²) in [7, 11) is -4.10. The Morgan fingerprint density at radius 2 is 1.67 bits per heavy atom. The number of hydrazone groups is 1. The largest absolute Gasteiger partial charge is 0.289 e. The van der Waals surface area contributed by atoms with E-state index in [0.717, 1.165) is 12.1 Å². The molecule has 8 heteroatoms. The van der Waals surface area contributed by atoms with Gasteiger partial charge in [0.2, 0.25) is 0 Å². The van der Waals surface area contributed by atoms with Crippen LogP contribution in [0, 0.1) is 10.1 Å². The Morgan fingerprint density at radius 1 is 1.05 bits per heavy atom. The number of rotatable bonds is 5. The highest BCUT2D eigenvalue weighted by Crippen LogP contribution is 2.22. The first-order chi connectivity index (χ1) is 10.0. The van der Waals surface area contributed by atoms with Crippen LogP contribution >= 0.6 is 0 Å². The number of nitro benzene ring substituents is 1. The number of nitrogens with one attached hydrogen (secondary N) is 1. The third kappa shape index (κ3) is 3.63. The first kappa shape index (κ1) is 14.7. The molecule has 2 rings (SSSR count). The van der Waals surface area contributed by atoms with Crippen LogP contribution in [0.1, 0.15) is 5.56 Å². The summed E-state index contributed by atoms with van der Waals surface area (Å²) in [6.07, 6.45) is 1.31. The Bertz CT molecular complexity index is 773. The summed E-state index contributed by atoms with van der Waals surface area (Å²) in [5.41, 5.74) is 0.197. The van der Waals surface area contributed by atoms with Crippen LogP contribution in [0.2, 0.25) is 0 Å². The lowest BCUT2D eigenvalue weighted by Gasteiger charge is -2.03. The van der Waals surface area contributed by atoms with Gasteiger partial charge >= 0.3 is 0 Å². The molecule has 0 bridgehead atoms. The van der Waals surface area contributed by atoms with Gasteiger partial charge in [0.25, 0.3) is 15.7 Å². The van der Waals surface area contributed by atoms with Crippen molar-refractivity contribution >= 4 is 21.9 Å². The van der Waals surface area contributed by atoms with Crippen LogP contribution in [0.25, 0.3) is 0 Å². The molecule has 0 radical (unpaired) electrons. The summed E-state index contributed by atoms with van der Waals surface area (Å²) < 4.78 is 24.0. The zero-order valence-corrected chi connectivity index (χ0v) is 11.5. The minimum Gasteiger partial charge on any atom is -0.258 e. The van der Waals surface area contributed by atoms with Crippen LogP contribution in [0.4, 0.5) is 5.69 Å². The van der Waals surface area contributed by atoms with Crippen LogP contribution in [-0.4, -0.2) is 19.6 Å². The zero-order valence-electron chi connectivity index (χ0n) is 10.7. The molecule has 0 aliphatic rings. The molecule has 0 fully saturated rings. The number of nitro groups is 1. The number of benzene rings is 2. The first-order valence-corrected chi connectivity index (χ1v) is 7.32. The van der Waals surface area contributed by atoms with E-state index in [1.807, 2.05) is 10.9 Å². The Kier molecular flexibility index (Phi) is 4.29. The maximum atomic E-state index is 12.0. The molecule has 0 spiro atoms. The Hall–Kier alpha value is -2.74. The predicted octanol–water partition coefficient (Wildman–Crippen LogP) is 1.91. The van der Waals surface area contributed by atoms with E-state index in [9.17, 15) is 18.5 Å². The molecule has 0 aliphatic carbocycles. The maximum absolute atomic E-state index is 12.0. The van der Waals surface area contributed by atoms with E-state index in [-0.39, 0.29) is 0 Å². The molecule has 0 amide bonds. The average molecular weight is 305 g/mol. The third-order valence-electron chi connectivity index (χ3n) is 2.54. The second kappa shape index (κ2) is 6.14. The molecule has 0 unspecified atom stereocenters. The fraction of sp³-hybridized carbons (Fsp3) is 0. The van der Waals surface area contributed by atoms with Gasteiger partial charge in [-0.15, -0.1) is 0 Å². The normalized spacial score (nSPS) is 11.4. The van der Waals surface area contributed by atoms with Gasteiger partial charge in [0.15, 0.2) is 4.90 Å². The summed E-state index contributed by atoms with van der Waals surface area (Å²) in [4.78, 5) is 11.6. The minimum atomic E-state index is -4.10. The Labute approximate surface area is 121 Å². The molecule has 1 N–H and O–H groups in total. The Morgan fingerprint density at radius 3 is 2.33 bits per heavy atom. The van der Waals surface area contributed by atoms with E-state index in [1.165, 1.54) is 18.3 Å². The van der Waals surface area contributed by atoms with Crippen molar-refractivity contribution in [3.63, 3.8) is 0 Å². The van der Waals surface area contributed by atoms with E-state index in [0.29, 0.717) is 5.56 Å².